The van der Waals surface area contributed by atoms with Gasteiger partial charge in [0.25, 0.3) is 11.6 Å². The first-order chi connectivity index (χ1) is 16.1. The first-order valence-corrected chi connectivity index (χ1v) is 12.4. The zero-order valence-electron chi connectivity index (χ0n) is 19.0. The second kappa shape index (κ2) is 10.7. The van der Waals surface area contributed by atoms with Crippen LogP contribution in [-0.2, 0) is 19.6 Å². The number of ether oxygens (including phenoxy) is 1. The highest BCUT2D eigenvalue weighted by atomic mass is 32.2. The van der Waals surface area contributed by atoms with Crippen molar-refractivity contribution in [1.29, 1.82) is 0 Å². The van der Waals surface area contributed by atoms with Crippen LogP contribution < -0.4 is 5.32 Å². The van der Waals surface area contributed by atoms with Crippen LogP contribution in [0.25, 0.3) is 0 Å². The van der Waals surface area contributed by atoms with Crippen molar-refractivity contribution in [1.82, 2.24) is 9.62 Å². The number of nitro benzene ring substituents is 1. The smallest absolute Gasteiger partial charge is 0.308 e. The molecule has 0 radical (unpaired) electrons. The molecule has 1 saturated heterocycles. The standard InChI is InChI=1S/C23H27N3O7S/c1-16(2)33-22(27)15-20(19-10-3-4-11-21(19)26(29)30)24-23(28)17-8-7-9-18(14-17)34(31,32)25-12-5-6-13-25/h3-4,7-11,14,16,20H,5-6,12-13,15H2,1-2H3,(H,24,28). The van der Waals surface area contributed by atoms with E-state index in [-0.39, 0.29) is 28.1 Å². The third-order valence-electron chi connectivity index (χ3n) is 5.35. The normalized spacial score (nSPS) is 15.1. The van der Waals surface area contributed by atoms with Gasteiger partial charge in [0, 0.05) is 24.7 Å². The molecule has 0 spiro atoms. The molecule has 1 N–H and O–H groups in total. The molecule has 11 heteroatoms. The molecular weight excluding hydrogens is 462 g/mol. The molecule has 0 bridgehead atoms. The van der Waals surface area contributed by atoms with E-state index in [1.54, 1.807) is 19.9 Å². The van der Waals surface area contributed by atoms with Gasteiger partial charge < -0.3 is 10.1 Å². The summed E-state index contributed by atoms with van der Waals surface area (Å²) in [5.41, 5.74) is -0.0565. The van der Waals surface area contributed by atoms with Crippen molar-refractivity contribution in [3.8, 4) is 0 Å². The predicted molar refractivity (Wildman–Crippen MR) is 124 cm³/mol. The minimum Gasteiger partial charge on any atom is -0.463 e. The van der Waals surface area contributed by atoms with Gasteiger partial charge in [-0.2, -0.15) is 4.31 Å². The van der Waals surface area contributed by atoms with Crippen LogP contribution in [0.15, 0.2) is 53.4 Å². The number of hydrogen-bond acceptors (Lipinski definition) is 7. The third kappa shape index (κ3) is 5.97. The highest BCUT2D eigenvalue weighted by Crippen LogP contribution is 2.28. The van der Waals surface area contributed by atoms with Gasteiger partial charge in [0.05, 0.1) is 33.9 Å². The first kappa shape index (κ1) is 25.3. The number of nitrogens with zero attached hydrogens (tertiary/aromatic N) is 2. The number of rotatable bonds is 9. The van der Waals surface area contributed by atoms with Gasteiger partial charge in [-0.25, -0.2) is 8.42 Å². The molecule has 182 valence electrons. The minimum atomic E-state index is -3.74. The highest BCUT2D eigenvalue weighted by molar-refractivity contribution is 7.89. The molecule has 0 aromatic heterocycles. The molecule has 1 unspecified atom stereocenters. The lowest BCUT2D eigenvalue weighted by molar-refractivity contribution is -0.385. The van der Waals surface area contributed by atoms with Crippen LogP contribution in [-0.4, -0.2) is 48.7 Å². The maximum atomic E-state index is 13.1. The molecule has 3 rings (SSSR count). The van der Waals surface area contributed by atoms with Crippen molar-refractivity contribution in [3.63, 3.8) is 0 Å². The monoisotopic (exact) mass is 489 g/mol. The number of sulfonamides is 1. The Morgan fingerprint density at radius 2 is 1.79 bits per heavy atom. The van der Waals surface area contributed by atoms with E-state index in [0.29, 0.717) is 13.1 Å². The number of benzene rings is 2. The molecule has 1 aliphatic rings. The van der Waals surface area contributed by atoms with Gasteiger partial charge in [-0.05, 0) is 44.9 Å². The molecular formula is C23H27N3O7S. The fourth-order valence-electron chi connectivity index (χ4n) is 3.78. The second-order valence-corrected chi connectivity index (χ2v) is 10.2. The summed E-state index contributed by atoms with van der Waals surface area (Å²) in [5, 5.41) is 14.2. The Kier molecular flexibility index (Phi) is 8.00. The molecule has 1 heterocycles. The summed E-state index contributed by atoms with van der Waals surface area (Å²) in [4.78, 5) is 36.3. The van der Waals surface area contributed by atoms with E-state index in [9.17, 15) is 28.1 Å². The van der Waals surface area contributed by atoms with Crippen molar-refractivity contribution in [2.75, 3.05) is 13.1 Å². The number of para-hydroxylation sites is 1. The molecule has 2 aromatic carbocycles. The SMILES string of the molecule is CC(C)OC(=O)CC(NC(=O)c1cccc(S(=O)(=O)N2CCCC2)c1)c1ccccc1[N+](=O)[O-]. The Morgan fingerprint density at radius 1 is 1.12 bits per heavy atom. The molecule has 1 atom stereocenters. The van der Waals surface area contributed by atoms with E-state index in [1.165, 1.54) is 46.8 Å². The largest absolute Gasteiger partial charge is 0.463 e. The van der Waals surface area contributed by atoms with E-state index in [1.807, 2.05) is 0 Å². The maximum absolute atomic E-state index is 13.1. The lowest BCUT2D eigenvalue weighted by Gasteiger charge is -2.20. The maximum Gasteiger partial charge on any atom is 0.308 e. The van der Waals surface area contributed by atoms with Crippen LogP contribution in [0.5, 0.6) is 0 Å². The van der Waals surface area contributed by atoms with Crippen molar-refractivity contribution in [3.05, 3.63) is 69.8 Å². The molecule has 1 fully saturated rings. The summed E-state index contributed by atoms with van der Waals surface area (Å²) >= 11 is 0. The molecule has 10 nitrogen and oxygen atoms in total. The van der Waals surface area contributed by atoms with E-state index in [2.05, 4.69) is 5.32 Å². The zero-order chi connectivity index (χ0) is 24.9. The van der Waals surface area contributed by atoms with E-state index < -0.39 is 39.0 Å². The summed E-state index contributed by atoms with van der Waals surface area (Å²) in [5.74, 6) is -1.30. The van der Waals surface area contributed by atoms with Crippen LogP contribution in [0.3, 0.4) is 0 Å². The number of nitro groups is 1. The van der Waals surface area contributed by atoms with Crippen molar-refractivity contribution in [2.24, 2.45) is 0 Å². The second-order valence-electron chi connectivity index (χ2n) is 8.22. The Bertz CT molecular complexity index is 1170. The minimum absolute atomic E-state index is 0.0106. The highest BCUT2D eigenvalue weighted by Gasteiger charge is 2.29. The van der Waals surface area contributed by atoms with Crippen LogP contribution in [0, 0.1) is 10.1 Å². The number of carbonyl (C=O) groups excluding carboxylic acids is 2. The number of hydrogen-bond donors (Lipinski definition) is 1. The Labute approximate surface area is 198 Å². The summed E-state index contributed by atoms with van der Waals surface area (Å²) in [7, 11) is -3.74. The van der Waals surface area contributed by atoms with Crippen molar-refractivity contribution < 1.29 is 27.7 Å². The molecule has 0 saturated carbocycles. The Hall–Kier alpha value is -3.31. The number of esters is 1. The number of amides is 1. The van der Waals surface area contributed by atoms with E-state index in [0.717, 1.165) is 12.8 Å². The van der Waals surface area contributed by atoms with Gasteiger partial charge in [-0.1, -0.05) is 24.3 Å². The zero-order valence-corrected chi connectivity index (χ0v) is 19.8. The Balaban J connectivity index is 1.90. The summed E-state index contributed by atoms with van der Waals surface area (Å²) < 4.78 is 32.3. The van der Waals surface area contributed by atoms with Crippen LogP contribution in [0.1, 0.15) is 55.1 Å². The fraction of sp³-hybridized carbons (Fsp3) is 0.391. The topological polar surface area (TPSA) is 136 Å². The van der Waals surface area contributed by atoms with Gasteiger partial charge in [0.15, 0.2) is 0 Å². The van der Waals surface area contributed by atoms with Crippen molar-refractivity contribution >= 4 is 27.6 Å². The average molecular weight is 490 g/mol. The molecule has 0 aliphatic carbocycles. The Morgan fingerprint density at radius 3 is 2.44 bits per heavy atom. The predicted octanol–water partition coefficient (Wildman–Crippen LogP) is 3.19. The van der Waals surface area contributed by atoms with Gasteiger partial charge in [-0.3, -0.25) is 19.7 Å². The van der Waals surface area contributed by atoms with E-state index in [4.69, 9.17) is 4.74 Å². The number of carbonyl (C=O) groups is 2. The van der Waals surface area contributed by atoms with Gasteiger partial charge in [0.1, 0.15) is 0 Å². The molecule has 2 aromatic rings. The van der Waals surface area contributed by atoms with Gasteiger partial charge >= 0.3 is 5.97 Å². The molecule has 1 aliphatic heterocycles. The van der Waals surface area contributed by atoms with Crippen LogP contribution >= 0.6 is 0 Å². The quantitative estimate of drug-likeness (QED) is 0.324. The van der Waals surface area contributed by atoms with Gasteiger partial charge in [-0.15, -0.1) is 0 Å². The molecule has 34 heavy (non-hydrogen) atoms. The summed E-state index contributed by atoms with van der Waals surface area (Å²) in [6.07, 6.45) is 0.829. The van der Waals surface area contributed by atoms with Crippen LogP contribution in [0.4, 0.5) is 5.69 Å². The fourth-order valence-corrected chi connectivity index (χ4v) is 5.35. The molecule has 1 amide bonds. The summed E-state index contributed by atoms with van der Waals surface area (Å²) in [6, 6.07) is 10.3. The third-order valence-corrected chi connectivity index (χ3v) is 7.25. The first-order valence-electron chi connectivity index (χ1n) is 10.9. The lowest BCUT2D eigenvalue weighted by atomic mass is 10.0. The van der Waals surface area contributed by atoms with Crippen LogP contribution in [0.2, 0.25) is 0 Å². The lowest BCUT2D eigenvalue weighted by Crippen LogP contribution is -2.32. The van der Waals surface area contributed by atoms with Crippen molar-refractivity contribution in [2.45, 2.75) is 50.2 Å². The average Bonchev–Trinajstić information content (AvgIpc) is 3.34. The summed E-state index contributed by atoms with van der Waals surface area (Å²) in [6.45, 7) is 4.19. The van der Waals surface area contributed by atoms with E-state index >= 15 is 0 Å². The number of nitrogens with one attached hydrogen (secondary N) is 1. The van der Waals surface area contributed by atoms with Gasteiger partial charge in [0.2, 0.25) is 10.0 Å².